The van der Waals surface area contributed by atoms with Crippen LogP contribution in [0.4, 0.5) is 5.69 Å². The number of anilines is 1. The molecule has 1 unspecified atom stereocenters. The lowest BCUT2D eigenvalue weighted by Gasteiger charge is -2.30. The zero-order valence-electron chi connectivity index (χ0n) is 20.2. The van der Waals surface area contributed by atoms with Crippen LogP contribution in [-0.4, -0.2) is 39.4 Å². The van der Waals surface area contributed by atoms with E-state index in [9.17, 15) is 9.59 Å². The van der Waals surface area contributed by atoms with Gasteiger partial charge in [-0.15, -0.1) is 0 Å². The number of aromatic nitrogens is 2. The van der Waals surface area contributed by atoms with Crippen molar-refractivity contribution in [3.63, 3.8) is 0 Å². The second kappa shape index (κ2) is 10.7. The molecule has 1 N–H and O–H groups in total. The highest BCUT2D eigenvalue weighted by Gasteiger charge is 2.29. The predicted molar refractivity (Wildman–Crippen MR) is 138 cm³/mol. The zero-order chi connectivity index (χ0) is 24.9. The number of ether oxygens (including phenoxy) is 1. The molecule has 0 radical (unpaired) electrons. The third-order valence-corrected chi connectivity index (χ3v) is 6.42. The summed E-state index contributed by atoms with van der Waals surface area (Å²) in [7, 11) is 0. The maximum atomic E-state index is 13.7. The summed E-state index contributed by atoms with van der Waals surface area (Å²) in [4.78, 5) is 37.7. The molecule has 0 aliphatic carbocycles. The minimum atomic E-state index is -0.927. The van der Waals surface area contributed by atoms with E-state index in [1.165, 1.54) is 5.56 Å². The molecule has 4 aromatic rings. The van der Waals surface area contributed by atoms with Gasteiger partial charge in [0.1, 0.15) is 0 Å². The first-order valence-electron chi connectivity index (χ1n) is 12.2. The molecule has 1 aliphatic heterocycles. The lowest BCUT2D eigenvalue weighted by atomic mass is 9.95. The van der Waals surface area contributed by atoms with E-state index in [0.29, 0.717) is 24.2 Å². The van der Waals surface area contributed by atoms with Gasteiger partial charge in [-0.05, 0) is 30.2 Å². The number of amides is 1. The Bertz CT molecular complexity index is 1380. The Balaban J connectivity index is 1.44. The number of fused-ring (bicyclic) bond motifs is 2. The lowest BCUT2D eigenvalue weighted by molar-refractivity contribution is -0.124. The van der Waals surface area contributed by atoms with Gasteiger partial charge in [-0.25, -0.2) is 4.79 Å². The molecule has 0 bridgehead atoms. The molecule has 5 rings (SSSR count). The summed E-state index contributed by atoms with van der Waals surface area (Å²) in [6, 6.07) is 21.4. The third-order valence-electron chi connectivity index (χ3n) is 6.42. The fraction of sp³-hybridized carbons (Fsp3) is 0.241. The number of hydrogen-bond acceptors (Lipinski definition) is 6. The number of rotatable bonds is 7. The van der Waals surface area contributed by atoms with Crippen molar-refractivity contribution in [3.05, 3.63) is 102 Å². The molecule has 7 heteroatoms. The summed E-state index contributed by atoms with van der Waals surface area (Å²) in [6.45, 7) is 4.05. The molecule has 2 aromatic heterocycles. The normalized spacial score (nSPS) is 14.1. The molecule has 2 aromatic carbocycles. The van der Waals surface area contributed by atoms with Crippen LogP contribution in [0.5, 0.6) is 0 Å². The first-order valence-corrected chi connectivity index (χ1v) is 12.2. The van der Waals surface area contributed by atoms with E-state index in [-0.39, 0.29) is 5.91 Å². The van der Waals surface area contributed by atoms with E-state index >= 15 is 0 Å². The Morgan fingerprint density at radius 3 is 2.64 bits per heavy atom. The van der Waals surface area contributed by atoms with Crippen molar-refractivity contribution in [2.75, 3.05) is 11.9 Å². The van der Waals surface area contributed by atoms with Crippen LogP contribution in [0.3, 0.4) is 0 Å². The van der Waals surface area contributed by atoms with E-state index in [1.807, 2.05) is 49.4 Å². The summed E-state index contributed by atoms with van der Waals surface area (Å²) in [6.07, 6.45) is 3.35. The van der Waals surface area contributed by atoms with Gasteiger partial charge in [0, 0.05) is 48.9 Å². The van der Waals surface area contributed by atoms with Crippen LogP contribution in [0.15, 0.2) is 79.1 Å². The lowest BCUT2D eigenvalue weighted by Crippen LogP contribution is -2.34. The minimum absolute atomic E-state index is 0.350. The molecule has 1 amide bonds. The highest BCUT2D eigenvalue weighted by molar-refractivity contribution is 6.06. The summed E-state index contributed by atoms with van der Waals surface area (Å²) >= 11 is 0. The van der Waals surface area contributed by atoms with Gasteiger partial charge >= 0.3 is 5.97 Å². The number of pyridine rings is 2. The van der Waals surface area contributed by atoms with Crippen molar-refractivity contribution >= 4 is 28.5 Å². The van der Waals surface area contributed by atoms with E-state index in [1.54, 1.807) is 24.5 Å². The Morgan fingerprint density at radius 2 is 1.86 bits per heavy atom. The molecule has 36 heavy (non-hydrogen) atoms. The fourth-order valence-electron chi connectivity index (χ4n) is 4.63. The first kappa shape index (κ1) is 23.6. The van der Waals surface area contributed by atoms with Gasteiger partial charge in [0.15, 0.2) is 6.10 Å². The molecule has 0 saturated carbocycles. The number of nitrogens with one attached hydrogen (secondary N) is 1. The molecule has 0 spiro atoms. The van der Waals surface area contributed by atoms with Crippen LogP contribution in [0.25, 0.3) is 10.9 Å². The van der Waals surface area contributed by atoms with Crippen molar-refractivity contribution in [1.29, 1.82) is 0 Å². The van der Waals surface area contributed by atoms with Crippen LogP contribution < -0.4 is 5.32 Å². The Morgan fingerprint density at radius 1 is 1.06 bits per heavy atom. The molecule has 1 atom stereocenters. The summed E-state index contributed by atoms with van der Waals surface area (Å²) in [5, 5.41) is 3.53. The first-order chi connectivity index (χ1) is 17.6. The number of nitrogens with zero attached hydrogens (tertiary/aromatic N) is 3. The minimum Gasteiger partial charge on any atom is -0.449 e. The van der Waals surface area contributed by atoms with Crippen molar-refractivity contribution in [2.45, 2.75) is 39.0 Å². The van der Waals surface area contributed by atoms with Crippen LogP contribution in [0, 0.1) is 0 Å². The number of esters is 1. The highest BCUT2D eigenvalue weighted by Crippen LogP contribution is 2.30. The number of hydrogen-bond donors (Lipinski definition) is 1. The van der Waals surface area contributed by atoms with Crippen LogP contribution in [0.2, 0.25) is 0 Å². The van der Waals surface area contributed by atoms with E-state index in [2.05, 4.69) is 27.3 Å². The average molecular weight is 481 g/mol. The second-order valence-corrected chi connectivity index (χ2v) is 8.91. The monoisotopic (exact) mass is 480 g/mol. The second-order valence-electron chi connectivity index (χ2n) is 8.91. The standard InChI is InChI=1S/C29H28N4O3/c1-2-26(28(34)31-21-11-8-15-30-17-21)36-29(35)27-22-12-6-7-13-24(22)32-25-14-16-33(19-23(25)27)18-20-9-4-3-5-10-20/h3-13,15,17,26H,2,14,16,18-19H2,1H3,(H,31,34). The zero-order valence-corrected chi connectivity index (χ0v) is 20.2. The molecular formula is C29H28N4O3. The van der Waals surface area contributed by atoms with Crippen molar-refractivity contribution in [1.82, 2.24) is 14.9 Å². The summed E-state index contributed by atoms with van der Waals surface area (Å²) in [5.74, 6) is -0.878. The molecule has 7 nitrogen and oxygen atoms in total. The quantitative estimate of drug-likeness (QED) is 0.384. The smallest absolute Gasteiger partial charge is 0.340 e. The SMILES string of the molecule is CCC(OC(=O)c1c2c(nc3ccccc13)CCN(Cc1ccccc1)C2)C(=O)Nc1cccnc1. The van der Waals surface area contributed by atoms with Gasteiger partial charge < -0.3 is 10.1 Å². The van der Waals surface area contributed by atoms with Crippen molar-refractivity contribution in [2.24, 2.45) is 0 Å². The van der Waals surface area contributed by atoms with Gasteiger partial charge in [0.25, 0.3) is 5.91 Å². The van der Waals surface area contributed by atoms with Gasteiger partial charge in [0.05, 0.1) is 23.0 Å². The van der Waals surface area contributed by atoms with Gasteiger partial charge in [-0.2, -0.15) is 0 Å². The number of carbonyl (C=O) groups is 2. The van der Waals surface area contributed by atoms with Crippen molar-refractivity contribution < 1.29 is 14.3 Å². The van der Waals surface area contributed by atoms with E-state index in [4.69, 9.17) is 9.72 Å². The molecule has 0 fully saturated rings. The predicted octanol–water partition coefficient (Wildman–Crippen LogP) is 4.76. The van der Waals surface area contributed by atoms with Crippen molar-refractivity contribution in [3.8, 4) is 0 Å². The number of carbonyl (C=O) groups excluding carboxylic acids is 2. The number of benzene rings is 2. The fourth-order valence-corrected chi connectivity index (χ4v) is 4.63. The van der Waals surface area contributed by atoms with Crippen LogP contribution in [-0.2, 0) is 29.0 Å². The average Bonchev–Trinajstić information content (AvgIpc) is 2.91. The molecule has 1 aliphatic rings. The molecular weight excluding hydrogens is 452 g/mol. The van der Waals surface area contributed by atoms with Crippen LogP contribution in [0.1, 0.15) is 40.5 Å². The van der Waals surface area contributed by atoms with Gasteiger partial charge in [-0.1, -0.05) is 55.5 Å². The van der Waals surface area contributed by atoms with Gasteiger partial charge in [0.2, 0.25) is 0 Å². The van der Waals surface area contributed by atoms with Crippen LogP contribution >= 0.6 is 0 Å². The maximum absolute atomic E-state index is 13.7. The van der Waals surface area contributed by atoms with E-state index < -0.39 is 12.1 Å². The number of para-hydroxylation sites is 1. The molecule has 3 heterocycles. The largest absolute Gasteiger partial charge is 0.449 e. The summed E-state index contributed by atoms with van der Waals surface area (Å²) in [5.41, 5.74) is 4.83. The Hall–Kier alpha value is -4.10. The Kier molecular flexibility index (Phi) is 7.00. The Labute approximate surface area is 210 Å². The summed E-state index contributed by atoms with van der Waals surface area (Å²) < 4.78 is 5.83. The maximum Gasteiger partial charge on any atom is 0.340 e. The topological polar surface area (TPSA) is 84.4 Å². The molecule has 182 valence electrons. The van der Waals surface area contributed by atoms with E-state index in [0.717, 1.165) is 41.7 Å². The van der Waals surface area contributed by atoms with Gasteiger partial charge in [-0.3, -0.25) is 19.7 Å². The third kappa shape index (κ3) is 5.11. The molecule has 0 saturated heterocycles. The highest BCUT2D eigenvalue weighted by atomic mass is 16.5.